The minimum Gasteiger partial charge on any atom is -0.478 e. The summed E-state index contributed by atoms with van der Waals surface area (Å²) in [4.78, 5) is 36.3. The van der Waals surface area contributed by atoms with Crippen LogP contribution in [-0.4, -0.2) is 40.4 Å². The molecular formula is C30H25F2NO8. The van der Waals surface area contributed by atoms with Crippen LogP contribution < -0.4 is 14.8 Å². The molecule has 0 spiro atoms. The van der Waals surface area contributed by atoms with E-state index in [1.807, 2.05) is 0 Å². The predicted octanol–water partition coefficient (Wildman–Crippen LogP) is 5.21. The van der Waals surface area contributed by atoms with Gasteiger partial charge in [0.2, 0.25) is 5.91 Å². The Labute approximate surface area is 232 Å². The van der Waals surface area contributed by atoms with Crippen molar-refractivity contribution in [2.45, 2.75) is 55.6 Å². The number of amides is 1. The third kappa shape index (κ3) is 5.20. The van der Waals surface area contributed by atoms with Crippen molar-refractivity contribution >= 4 is 17.8 Å². The molecule has 0 bridgehead atoms. The summed E-state index contributed by atoms with van der Waals surface area (Å²) in [5, 5.41) is 21.7. The second kappa shape index (κ2) is 9.84. The predicted molar refractivity (Wildman–Crippen MR) is 138 cm³/mol. The van der Waals surface area contributed by atoms with E-state index in [1.165, 1.54) is 36.4 Å². The Kier molecular flexibility index (Phi) is 6.41. The number of carboxylic acids is 2. The molecule has 3 N–H and O–H groups in total. The number of nitrogens with one attached hydrogen (secondary N) is 1. The summed E-state index contributed by atoms with van der Waals surface area (Å²) in [5.41, 5.74) is 1.41. The molecular weight excluding hydrogens is 540 g/mol. The zero-order valence-corrected chi connectivity index (χ0v) is 21.5. The number of aromatic carboxylic acids is 2. The molecule has 3 atom stereocenters. The Hall–Kier alpha value is -4.51. The number of halogens is 2. The normalized spacial score (nSPS) is 23.4. The molecule has 6 rings (SSSR count). The first kappa shape index (κ1) is 26.7. The quantitative estimate of drug-likeness (QED) is 0.356. The third-order valence-electron chi connectivity index (χ3n) is 7.86. The Morgan fingerprint density at radius 2 is 1.27 bits per heavy atom. The van der Waals surface area contributed by atoms with Crippen molar-refractivity contribution in [3.8, 4) is 11.5 Å². The maximum absolute atomic E-state index is 13.6. The summed E-state index contributed by atoms with van der Waals surface area (Å²) in [6.07, 6.45) is -2.82. The topological polar surface area (TPSA) is 131 Å². The van der Waals surface area contributed by atoms with Crippen LogP contribution in [0.15, 0.2) is 66.7 Å². The molecule has 212 valence electrons. The van der Waals surface area contributed by atoms with E-state index in [0.717, 1.165) is 11.1 Å². The molecule has 2 heterocycles. The zero-order valence-electron chi connectivity index (χ0n) is 21.5. The molecule has 1 aliphatic carbocycles. The lowest BCUT2D eigenvalue weighted by atomic mass is 9.89. The minimum absolute atomic E-state index is 0.0899. The van der Waals surface area contributed by atoms with Crippen molar-refractivity contribution in [3.05, 3.63) is 94.5 Å². The first-order valence-corrected chi connectivity index (χ1v) is 13.1. The van der Waals surface area contributed by atoms with Gasteiger partial charge >= 0.3 is 18.2 Å². The fourth-order valence-electron chi connectivity index (χ4n) is 5.49. The number of ether oxygens (including phenoxy) is 3. The maximum Gasteiger partial charge on any atom is 0.586 e. The van der Waals surface area contributed by atoms with Gasteiger partial charge in [-0.05, 0) is 78.8 Å². The first-order valence-electron chi connectivity index (χ1n) is 13.1. The average molecular weight is 566 g/mol. The van der Waals surface area contributed by atoms with E-state index in [0.29, 0.717) is 31.2 Å². The Morgan fingerprint density at radius 3 is 1.76 bits per heavy atom. The summed E-state index contributed by atoms with van der Waals surface area (Å²) >= 11 is 0. The molecule has 3 aliphatic rings. The SMILES string of the molecule is O=C(O)c1ccc([C@@H]2C[C@H](NC(=O)C3(c4ccc5c(c4)OC(F)(F)O5)CC3)C[C@H](c3ccc(C(=O)O)cc3)O2)cc1. The number of hydrogen-bond donors (Lipinski definition) is 3. The summed E-state index contributed by atoms with van der Waals surface area (Å²) in [7, 11) is 0. The van der Waals surface area contributed by atoms with Gasteiger partial charge in [-0.3, -0.25) is 4.79 Å². The molecule has 3 aromatic carbocycles. The molecule has 3 aromatic rings. The van der Waals surface area contributed by atoms with E-state index in [4.69, 9.17) is 4.74 Å². The van der Waals surface area contributed by atoms with Crippen LogP contribution >= 0.6 is 0 Å². The van der Waals surface area contributed by atoms with Gasteiger partial charge in [0.1, 0.15) is 0 Å². The Balaban J connectivity index is 1.24. The molecule has 2 aliphatic heterocycles. The largest absolute Gasteiger partial charge is 0.586 e. The summed E-state index contributed by atoms with van der Waals surface area (Å²) in [6, 6.07) is 16.7. The molecule has 0 radical (unpaired) electrons. The lowest BCUT2D eigenvalue weighted by Crippen LogP contribution is -2.45. The van der Waals surface area contributed by atoms with Crippen molar-refractivity contribution in [3.63, 3.8) is 0 Å². The van der Waals surface area contributed by atoms with Gasteiger partial charge in [-0.2, -0.15) is 0 Å². The highest BCUT2D eigenvalue weighted by atomic mass is 19.3. The number of carbonyl (C=O) groups excluding carboxylic acids is 1. The number of carbonyl (C=O) groups is 3. The van der Waals surface area contributed by atoms with Crippen LogP contribution in [0.25, 0.3) is 0 Å². The van der Waals surface area contributed by atoms with Gasteiger partial charge in [-0.15, -0.1) is 8.78 Å². The zero-order chi connectivity index (χ0) is 28.9. The Morgan fingerprint density at radius 1 is 0.756 bits per heavy atom. The monoisotopic (exact) mass is 565 g/mol. The van der Waals surface area contributed by atoms with E-state index in [-0.39, 0.29) is 34.6 Å². The van der Waals surface area contributed by atoms with Gasteiger partial charge in [0.15, 0.2) is 11.5 Å². The van der Waals surface area contributed by atoms with Crippen molar-refractivity contribution in [1.29, 1.82) is 0 Å². The van der Waals surface area contributed by atoms with Crippen molar-refractivity contribution in [2.75, 3.05) is 0 Å². The standard InChI is InChI=1S/C30H25F2NO8/c31-30(32)40-22-10-9-20(13-25(22)41-30)29(11-12-29)28(38)33-21-14-23(16-1-5-18(6-2-16)26(34)35)39-24(15-21)17-3-7-19(8-4-17)27(36)37/h1-10,13,21,23-24H,11-12,14-15H2,(H,33,38)(H,34,35)(H,36,37)/t21-,23-,24+. The number of carboxylic acid groups (broad SMARTS) is 2. The molecule has 11 heteroatoms. The number of fused-ring (bicyclic) bond motifs is 1. The molecule has 1 saturated carbocycles. The van der Waals surface area contributed by atoms with Crippen LogP contribution in [-0.2, 0) is 14.9 Å². The van der Waals surface area contributed by atoms with Gasteiger partial charge in [0.25, 0.3) is 0 Å². The Bertz CT molecular complexity index is 1450. The second-order valence-corrected chi connectivity index (χ2v) is 10.5. The van der Waals surface area contributed by atoms with Crippen LogP contribution in [0.5, 0.6) is 11.5 Å². The summed E-state index contributed by atoms with van der Waals surface area (Å²) in [6.45, 7) is 0. The number of rotatable bonds is 7. The molecule has 1 amide bonds. The number of benzene rings is 3. The van der Waals surface area contributed by atoms with Crippen molar-refractivity contribution in [1.82, 2.24) is 5.32 Å². The van der Waals surface area contributed by atoms with Gasteiger partial charge in [-0.25, -0.2) is 9.59 Å². The third-order valence-corrected chi connectivity index (χ3v) is 7.86. The average Bonchev–Trinajstić information content (AvgIpc) is 3.70. The fourth-order valence-corrected chi connectivity index (χ4v) is 5.49. The molecule has 41 heavy (non-hydrogen) atoms. The maximum atomic E-state index is 13.6. The number of hydrogen-bond acceptors (Lipinski definition) is 6. The van der Waals surface area contributed by atoms with Crippen LogP contribution in [0.2, 0.25) is 0 Å². The second-order valence-electron chi connectivity index (χ2n) is 10.5. The van der Waals surface area contributed by atoms with Crippen LogP contribution in [0.3, 0.4) is 0 Å². The lowest BCUT2D eigenvalue weighted by Gasteiger charge is -2.37. The van der Waals surface area contributed by atoms with Crippen LogP contribution in [0.1, 0.15) is 75.3 Å². The van der Waals surface area contributed by atoms with E-state index < -0.39 is 35.9 Å². The minimum atomic E-state index is -3.75. The highest BCUT2D eigenvalue weighted by molar-refractivity contribution is 5.92. The van der Waals surface area contributed by atoms with Gasteiger partial charge < -0.3 is 29.7 Å². The lowest BCUT2D eigenvalue weighted by molar-refractivity contribution is -0.286. The van der Waals surface area contributed by atoms with E-state index in [1.54, 1.807) is 30.3 Å². The smallest absolute Gasteiger partial charge is 0.478 e. The molecule has 0 unspecified atom stereocenters. The van der Waals surface area contributed by atoms with Crippen LogP contribution in [0, 0.1) is 0 Å². The highest BCUT2D eigenvalue weighted by Gasteiger charge is 2.53. The molecule has 2 fully saturated rings. The van der Waals surface area contributed by atoms with Crippen molar-refractivity contribution < 1.29 is 47.6 Å². The van der Waals surface area contributed by atoms with Gasteiger partial charge in [0.05, 0.1) is 28.7 Å². The molecule has 1 saturated heterocycles. The fraction of sp³-hybridized carbons (Fsp3) is 0.300. The van der Waals surface area contributed by atoms with E-state index in [2.05, 4.69) is 14.8 Å². The summed E-state index contributed by atoms with van der Waals surface area (Å²) in [5.74, 6) is -2.55. The number of alkyl halides is 2. The molecule has 9 nitrogen and oxygen atoms in total. The highest BCUT2D eigenvalue weighted by Crippen LogP contribution is 2.52. The van der Waals surface area contributed by atoms with E-state index in [9.17, 15) is 33.4 Å². The first-order chi connectivity index (χ1) is 19.5. The van der Waals surface area contributed by atoms with Crippen molar-refractivity contribution in [2.24, 2.45) is 0 Å². The molecule has 0 aromatic heterocycles. The van der Waals surface area contributed by atoms with Gasteiger partial charge in [-0.1, -0.05) is 30.3 Å². The summed E-state index contributed by atoms with van der Waals surface area (Å²) < 4.78 is 42.5. The van der Waals surface area contributed by atoms with Crippen LogP contribution in [0.4, 0.5) is 8.78 Å². The van der Waals surface area contributed by atoms with E-state index >= 15 is 0 Å². The van der Waals surface area contributed by atoms with Gasteiger partial charge in [0, 0.05) is 6.04 Å².